The summed E-state index contributed by atoms with van der Waals surface area (Å²) in [5.41, 5.74) is 0.478. The number of esters is 1. The molecule has 1 saturated heterocycles. The van der Waals surface area contributed by atoms with Crippen LogP contribution in [0.25, 0.3) is 0 Å². The van der Waals surface area contributed by atoms with Crippen molar-refractivity contribution in [3.8, 4) is 0 Å². The summed E-state index contributed by atoms with van der Waals surface area (Å²) < 4.78 is 11.2. The zero-order valence-electron chi connectivity index (χ0n) is 24.0. The maximum atomic E-state index is 13.9. The van der Waals surface area contributed by atoms with E-state index in [-0.39, 0.29) is 22.7 Å². The van der Waals surface area contributed by atoms with Gasteiger partial charge in [-0.25, -0.2) is 0 Å². The average Bonchev–Trinajstić information content (AvgIpc) is 3.29. The lowest BCUT2D eigenvalue weighted by atomic mass is 9.74. The van der Waals surface area contributed by atoms with Crippen LogP contribution in [0.5, 0.6) is 0 Å². The van der Waals surface area contributed by atoms with Crippen LogP contribution >= 0.6 is 0 Å². The summed E-state index contributed by atoms with van der Waals surface area (Å²) >= 11 is 0. The fourth-order valence-corrected chi connectivity index (χ4v) is 5.67. The Morgan fingerprint density at radius 1 is 1.07 bits per heavy atom. The molecule has 40 heavy (non-hydrogen) atoms. The van der Waals surface area contributed by atoms with Gasteiger partial charge in [-0.3, -0.25) is 25.0 Å². The van der Waals surface area contributed by atoms with E-state index in [4.69, 9.17) is 4.74 Å². The first-order valence-electron chi connectivity index (χ1n) is 14.2. The molecule has 1 aliphatic heterocycles. The molecule has 0 saturated carbocycles. The second kappa shape index (κ2) is 14.9. The largest absolute Gasteiger partial charge is 0.469 e. The van der Waals surface area contributed by atoms with Gasteiger partial charge in [0.2, 0.25) is 11.9 Å². The second-order valence-corrected chi connectivity index (χ2v) is 10.8. The minimum Gasteiger partial charge on any atom is -0.469 e. The van der Waals surface area contributed by atoms with E-state index in [1.165, 1.54) is 7.11 Å². The van der Waals surface area contributed by atoms with Crippen LogP contribution in [-0.4, -0.2) is 48.1 Å². The zero-order valence-corrected chi connectivity index (χ0v) is 24.0. The van der Waals surface area contributed by atoms with Crippen LogP contribution in [0.1, 0.15) is 70.0 Å². The van der Waals surface area contributed by atoms with Gasteiger partial charge in [-0.05, 0) is 36.8 Å². The molecule has 2 aromatic rings. The number of hydrogen-bond acceptors (Lipinski definition) is 7. The fourth-order valence-electron chi connectivity index (χ4n) is 5.67. The highest BCUT2D eigenvalue weighted by molar-refractivity contribution is 5.87. The molecule has 1 heterocycles. The Balaban J connectivity index is 1.89. The van der Waals surface area contributed by atoms with E-state index in [1.54, 1.807) is 6.92 Å². The third kappa shape index (κ3) is 7.67. The van der Waals surface area contributed by atoms with Gasteiger partial charge in [0.05, 0.1) is 25.7 Å². The Morgan fingerprint density at radius 3 is 2.33 bits per heavy atom. The van der Waals surface area contributed by atoms with Gasteiger partial charge in [0.15, 0.2) is 0 Å². The number of nitrogens with zero attached hydrogens (tertiary/aromatic N) is 1. The van der Waals surface area contributed by atoms with Crippen LogP contribution in [0.3, 0.4) is 0 Å². The standard InChI is InChI=1S/C31H43N3O6/c1-5-22(2)29(40-21-23-15-9-6-10-16-23)26-28(34(37)38)27(24-17-11-7-12-18-24)33-31(26,3)30(36)32-20-14-8-13-19-25(35)39-4/h6-7,9-12,15-18,22,26-29,33H,5,8,13-14,19-21H2,1-4H3,(H,32,36)/t22-,26?,27?,28?,29?,31?/m0/s1. The van der Waals surface area contributed by atoms with Crippen molar-refractivity contribution in [2.24, 2.45) is 11.8 Å². The summed E-state index contributed by atoms with van der Waals surface area (Å²) in [6, 6.07) is 17.3. The molecule has 2 N–H and O–H groups in total. The van der Waals surface area contributed by atoms with Gasteiger partial charge in [0.1, 0.15) is 11.6 Å². The van der Waals surface area contributed by atoms with Crippen molar-refractivity contribution in [1.29, 1.82) is 0 Å². The van der Waals surface area contributed by atoms with Crippen LogP contribution < -0.4 is 10.6 Å². The van der Waals surface area contributed by atoms with E-state index in [0.29, 0.717) is 32.4 Å². The Morgan fingerprint density at radius 2 is 1.73 bits per heavy atom. The van der Waals surface area contributed by atoms with E-state index in [1.807, 2.05) is 74.5 Å². The SMILES string of the molecule is CC[C@H](C)C(OCc1ccccc1)C1C([N+](=O)[O-])C(c2ccccc2)NC1(C)C(=O)NCCCCCC(=O)OC. The fraction of sp³-hybridized carbons (Fsp3) is 0.548. The van der Waals surface area contributed by atoms with Crippen LogP contribution in [-0.2, 0) is 25.7 Å². The molecule has 3 rings (SSSR count). The molecule has 1 amide bonds. The first-order valence-corrected chi connectivity index (χ1v) is 14.2. The number of unbranched alkanes of at least 4 members (excludes halogenated alkanes) is 2. The van der Waals surface area contributed by atoms with Crippen molar-refractivity contribution < 1.29 is 24.0 Å². The lowest BCUT2D eigenvalue weighted by Crippen LogP contribution is -2.60. The van der Waals surface area contributed by atoms with Gasteiger partial charge in [-0.1, -0.05) is 87.4 Å². The molecule has 0 spiro atoms. The lowest BCUT2D eigenvalue weighted by Gasteiger charge is -2.37. The van der Waals surface area contributed by atoms with E-state index in [0.717, 1.165) is 24.0 Å². The summed E-state index contributed by atoms with van der Waals surface area (Å²) in [7, 11) is 1.37. The van der Waals surface area contributed by atoms with Crippen LogP contribution in [0.4, 0.5) is 0 Å². The molecular formula is C31H43N3O6. The van der Waals surface area contributed by atoms with E-state index >= 15 is 0 Å². The van der Waals surface area contributed by atoms with Gasteiger partial charge in [-0.15, -0.1) is 0 Å². The third-order valence-electron chi connectivity index (χ3n) is 8.12. The van der Waals surface area contributed by atoms with Gasteiger partial charge in [0.25, 0.3) is 0 Å². The maximum absolute atomic E-state index is 13.9. The van der Waals surface area contributed by atoms with Gasteiger partial charge < -0.3 is 14.8 Å². The molecule has 0 radical (unpaired) electrons. The zero-order chi connectivity index (χ0) is 29.1. The number of nitro groups is 1. The second-order valence-electron chi connectivity index (χ2n) is 10.8. The number of benzene rings is 2. The molecule has 0 aliphatic carbocycles. The molecular weight excluding hydrogens is 510 g/mol. The summed E-state index contributed by atoms with van der Waals surface area (Å²) in [6.45, 7) is 6.53. The number of hydrogen-bond donors (Lipinski definition) is 2. The molecule has 9 nitrogen and oxygen atoms in total. The van der Waals surface area contributed by atoms with E-state index in [9.17, 15) is 19.7 Å². The minimum absolute atomic E-state index is 0.0297. The van der Waals surface area contributed by atoms with Crippen LogP contribution in [0.15, 0.2) is 60.7 Å². The number of ether oxygens (including phenoxy) is 2. The molecule has 0 bridgehead atoms. The third-order valence-corrected chi connectivity index (χ3v) is 8.12. The predicted molar refractivity (Wildman–Crippen MR) is 153 cm³/mol. The summed E-state index contributed by atoms with van der Waals surface area (Å²) in [6.07, 6.45) is 2.65. The first kappa shape index (κ1) is 31.2. The Kier molecular flexibility index (Phi) is 11.6. The van der Waals surface area contributed by atoms with Crippen molar-refractivity contribution in [1.82, 2.24) is 10.6 Å². The highest BCUT2D eigenvalue weighted by Gasteiger charge is 2.64. The van der Waals surface area contributed by atoms with Gasteiger partial charge >= 0.3 is 5.97 Å². The molecule has 218 valence electrons. The maximum Gasteiger partial charge on any atom is 0.305 e. The predicted octanol–water partition coefficient (Wildman–Crippen LogP) is 4.83. The Hall–Kier alpha value is -3.30. The van der Waals surface area contributed by atoms with E-state index < -0.39 is 29.6 Å². The molecule has 9 heteroatoms. The summed E-state index contributed by atoms with van der Waals surface area (Å²) in [5, 5.41) is 19.2. The monoisotopic (exact) mass is 553 g/mol. The summed E-state index contributed by atoms with van der Waals surface area (Å²) in [5.74, 6) is -1.30. The van der Waals surface area contributed by atoms with Gasteiger partial charge in [-0.2, -0.15) is 0 Å². The molecule has 6 atom stereocenters. The quantitative estimate of drug-likeness (QED) is 0.140. The number of amides is 1. The molecule has 2 aromatic carbocycles. The van der Waals surface area contributed by atoms with Crippen molar-refractivity contribution in [2.45, 2.75) is 83.2 Å². The molecule has 1 fully saturated rings. The first-order chi connectivity index (χ1) is 19.2. The van der Waals surface area contributed by atoms with E-state index in [2.05, 4.69) is 15.4 Å². The molecule has 1 aliphatic rings. The van der Waals surface area contributed by atoms with Crippen LogP contribution in [0, 0.1) is 22.0 Å². The smallest absolute Gasteiger partial charge is 0.305 e. The van der Waals surface area contributed by atoms with Gasteiger partial charge in [0, 0.05) is 17.9 Å². The number of methoxy groups -OCH3 is 1. The Bertz CT molecular complexity index is 1100. The number of carbonyl (C=O) groups excluding carboxylic acids is 2. The topological polar surface area (TPSA) is 120 Å². The molecule has 5 unspecified atom stereocenters. The summed E-state index contributed by atoms with van der Waals surface area (Å²) in [4.78, 5) is 37.7. The average molecular weight is 554 g/mol. The lowest BCUT2D eigenvalue weighted by molar-refractivity contribution is -0.536. The Labute approximate surface area is 237 Å². The van der Waals surface area contributed by atoms with Crippen molar-refractivity contribution in [3.05, 3.63) is 81.9 Å². The highest BCUT2D eigenvalue weighted by Crippen LogP contribution is 2.45. The number of nitrogens with one attached hydrogen (secondary N) is 2. The molecule has 0 aromatic heterocycles. The highest BCUT2D eigenvalue weighted by atomic mass is 16.6. The number of rotatable bonds is 15. The minimum atomic E-state index is -1.25. The van der Waals surface area contributed by atoms with Crippen molar-refractivity contribution in [3.63, 3.8) is 0 Å². The number of carbonyl (C=O) groups is 2. The van der Waals surface area contributed by atoms with Crippen molar-refractivity contribution in [2.75, 3.05) is 13.7 Å². The van der Waals surface area contributed by atoms with Crippen LogP contribution in [0.2, 0.25) is 0 Å². The van der Waals surface area contributed by atoms with Crippen molar-refractivity contribution >= 4 is 11.9 Å². The normalized spacial score (nSPS) is 23.8.